The minimum atomic E-state index is 0.504. The van der Waals surface area contributed by atoms with Crippen molar-refractivity contribution in [3.05, 3.63) is 54.1 Å². The van der Waals surface area contributed by atoms with Crippen LogP contribution in [0.3, 0.4) is 0 Å². The molecule has 1 saturated carbocycles. The first-order valence-electron chi connectivity index (χ1n) is 10.5. The SMILES string of the molecule is CN=C(NCc1ccc(Cn2ccnc2)cc1)NC1CCN(C2CCCC2)C1. The van der Waals surface area contributed by atoms with Gasteiger partial charge in [-0.1, -0.05) is 37.1 Å². The van der Waals surface area contributed by atoms with E-state index in [2.05, 4.69) is 54.3 Å². The molecule has 2 aromatic rings. The third-order valence-corrected chi connectivity index (χ3v) is 6.03. The third kappa shape index (κ3) is 4.93. The van der Waals surface area contributed by atoms with Crippen LogP contribution in [0.25, 0.3) is 0 Å². The molecule has 2 aliphatic rings. The number of benzene rings is 1. The molecule has 150 valence electrons. The largest absolute Gasteiger partial charge is 0.352 e. The molecule has 2 N–H and O–H groups in total. The van der Waals surface area contributed by atoms with E-state index in [1.807, 2.05) is 25.8 Å². The summed E-state index contributed by atoms with van der Waals surface area (Å²) in [5.74, 6) is 0.903. The van der Waals surface area contributed by atoms with Crippen LogP contribution in [0.4, 0.5) is 0 Å². The Hall–Kier alpha value is -2.34. The van der Waals surface area contributed by atoms with Crippen molar-refractivity contribution in [1.29, 1.82) is 0 Å². The molecule has 0 amide bonds. The van der Waals surface area contributed by atoms with Gasteiger partial charge in [0.05, 0.1) is 6.33 Å². The summed E-state index contributed by atoms with van der Waals surface area (Å²) in [7, 11) is 1.85. The molecular formula is C22H32N6. The van der Waals surface area contributed by atoms with E-state index >= 15 is 0 Å². The van der Waals surface area contributed by atoms with Gasteiger partial charge in [-0.2, -0.15) is 0 Å². The number of rotatable bonds is 6. The summed E-state index contributed by atoms with van der Waals surface area (Å²) >= 11 is 0. The summed E-state index contributed by atoms with van der Waals surface area (Å²) in [6, 6.07) is 10.1. The number of aromatic nitrogens is 2. The number of nitrogens with zero attached hydrogens (tertiary/aromatic N) is 4. The summed E-state index contributed by atoms with van der Waals surface area (Å²) in [6.45, 7) is 4.01. The van der Waals surface area contributed by atoms with Gasteiger partial charge in [0.1, 0.15) is 0 Å². The molecule has 1 aromatic carbocycles. The van der Waals surface area contributed by atoms with Crippen molar-refractivity contribution in [2.75, 3.05) is 20.1 Å². The van der Waals surface area contributed by atoms with E-state index in [-0.39, 0.29) is 0 Å². The second-order valence-electron chi connectivity index (χ2n) is 8.04. The van der Waals surface area contributed by atoms with Crippen LogP contribution in [-0.2, 0) is 13.1 Å². The van der Waals surface area contributed by atoms with E-state index in [1.165, 1.54) is 49.8 Å². The molecule has 6 nitrogen and oxygen atoms in total. The first-order chi connectivity index (χ1) is 13.8. The molecule has 28 heavy (non-hydrogen) atoms. The van der Waals surface area contributed by atoms with E-state index in [4.69, 9.17) is 0 Å². The zero-order chi connectivity index (χ0) is 19.2. The predicted octanol–water partition coefficient (Wildman–Crippen LogP) is 2.61. The predicted molar refractivity (Wildman–Crippen MR) is 113 cm³/mol. The van der Waals surface area contributed by atoms with E-state index in [9.17, 15) is 0 Å². The second-order valence-corrected chi connectivity index (χ2v) is 8.04. The minimum absolute atomic E-state index is 0.504. The Morgan fingerprint density at radius 2 is 1.93 bits per heavy atom. The second kappa shape index (κ2) is 9.24. The summed E-state index contributed by atoms with van der Waals surface area (Å²) in [6.07, 6.45) is 12.4. The maximum atomic E-state index is 4.42. The molecule has 2 fully saturated rings. The van der Waals surface area contributed by atoms with E-state index < -0.39 is 0 Å². The van der Waals surface area contributed by atoms with E-state index in [0.717, 1.165) is 31.6 Å². The Morgan fingerprint density at radius 1 is 1.14 bits per heavy atom. The number of hydrogen-bond acceptors (Lipinski definition) is 3. The van der Waals surface area contributed by atoms with Gasteiger partial charge in [-0.15, -0.1) is 0 Å². The average Bonchev–Trinajstić information content (AvgIpc) is 3.48. The van der Waals surface area contributed by atoms with Gasteiger partial charge in [-0.25, -0.2) is 4.98 Å². The van der Waals surface area contributed by atoms with Crippen molar-refractivity contribution in [1.82, 2.24) is 25.1 Å². The lowest BCUT2D eigenvalue weighted by molar-refractivity contribution is 0.242. The lowest BCUT2D eigenvalue weighted by atomic mass is 10.1. The summed E-state index contributed by atoms with van der Waals surface area (Å²) in [4.78, 5) is 11.2. The number of nitrogens with one attached hydrogen (secondary N) is 2. The van der Waals surface area contributed by atoms with Crippen LogP contribution in [0.2, 0.25) is 0 Å². The third-order valence-electron chi connectivity index (χ3n) is 6.03. The fraction of sp³-hybridized carbons (Fsp3) is 0.545. The Labute approximate surface area is 168 Å². The van der Waals surface area contributed by atoms with Gasteiger partial charge in [0, 0.05) is 57.7 Å². The molecule has 1 atom stereocenters. The molecule has 0 radical (unpaired) electrons. The Morgan fingerprint density at radius 3 is 2.64 bits per heavy atom. The molecule has 2 heterocycles. The van der Waals surface area contributed by atoms with Crippen LogP contribution >= 0.6 is 0 Å². The highest BCUT2D eigenvalue weighted by molar-refractivity contribution is 5.80. The molecule has 1 unspecified atom stereocenters. The van der Waals surface area contributed by atoms with Gasteiger partial charge >= 0.3 is 0 Å². The number of guanidine groups is 1. The Balaban J connectivity index is 1.23. The summed E-state index contributed by atoms with van der Waals surface area (Å²) in [5.41, 5.74) is 2.54. The van der Waals surface area contributed by atoms with E-state index in [1.54, 1.807) is 0 Å². The molecule has 6 heteroatoms. The number of aliphatic imine (C=N–C) groups is 1. The molecule has 0 spiro atoms. The summed E-state index contributed by atoms with van der Waals surface area (Å²) < 4.78 is 2.08. The molecular weight excluding hydrogens is 348 g/mol. The molecule has 1 aliphatic carbocycles. The zero-order valence-electron chi connectivity index (χ0n) is 16.8. The standard InChI is InChI=1S/C22H32N6/c1-23-22(26-20-10-12-28(16-20)21-4-2-3-5-21)25-14-18-6-8-19(9-7-18)15-27-13-11-24-17-27/h6-9,11,13,17,20-21H,2-5,10,12,14-16H2,1H3,(H2,23,25,26). The highest BCUT2D eigenvalue weighted by Crippen LogP contribution is 2.26. The van der Waals surface area contributed by atoms with Crippen molar-refractivity contribution >= 4 is 5.96 Å². The average molecular weight is 381 g/mol. The maximum Gasteiger partial charge on any atom is 0.191 e. The smallest absolute Gasteiger partial charge is 0.191 e. The lowest BCUT2D eigenvalue weighted by Gasteiger charge is -2.24. The van der Waals surface area contributed by atoms with E-state index in [0.29, 0.717) is 6.04 Å². The molecule has 1 saturated heterocycles. The normalized spacial score (nSPS) is 21.3. The number of likely N-dealkylation sites (tertiary alicyclic amines) is 1. The van der Waals surface area contributed by atoms with Gasteiger partial charge in [-0.3, -0.25) is 9.89 Å². The van der Waals surface area contributed by atoms with Gasteiger partial charge in [0.15, 0.2) is 5.96 Å². The zero-order valence-corrected chi connectivity index (χ0v) is 16.8. The fourth-order valence-electron chi connectivity index (χ4n) is 4.43. The first kappa shape index (κ1) is 19.0. The van der Waals surface area contributed by atoms with Crippen molar-refractivity contribution in [2.45, 2.75) is 57.3 Å². The highest BCUT2D eigenvalue weighted by Gasteiger charge is 2.30. The first-order valence-corrected chi connectivity index (χ1v) is 10.5. The van der Waals surface area contributed by atoms with Crippen LogP contribution in [0.15, 0.2) is 48.0 Å². The summed E-state index contributed by atoms with van der Waals surface area (Å²) in [5, 5.41) is 7.08. The fourth-order valence-corrected chi connectivity index (χ4v) is 4.43. The Bertz CT molecular complexity index is 746. The van der Waals surface area contributed by atoms with Crippen LogP contribution in [0.5, 0.6) is 0 Å². The van der Waals surface area contributed by atoms with Crippen molar-refractivity contribution in [2.24, 2.45) is 4.99 Å². The topological polar surface area (TPSA) is 57.5 Å². The van der Waals surface area contributed by atoms with Gasteiger partial charge in [-0.05, 0) is 30.4 Å². The number of hydrogen-bond donors (Lipinski definition) is 2. The quantitative estimate of drug-likeness (QED) is 0.597. The van der Waals surface area contributed by atoms with Gasteiger partial charge < -0.3 is 15.2 Å². The molecule has 1 aromatic heterocycles. The maximum absolute atomic E-state index is 4.42. The van der Waals surface area contributed by atoms with Crippen molar-refractivity contribution in [3.63, 3.8) is 0 Å². The number of imidazole rings is 1. The van der Waals surface area contributed by atoms with Gasteiger partial charge in [0.25, 0.3) is 0 Å². The van der Waals surface area contributed by atoms with Crippen LogP contribution in [0, 0.1) is 0 Å². The molecule has 1 aliphatic heterocycles. The van der Waals surface area contributed by atoms with Crippen molar-refractivity contribution in [3.8, 4) is 0 Å². The Kier molecular flexibility index (Phi) is 6.27. The van der Waals surface area contributed by atoms with Crippen LogP contribution < -0.4 is 10.6 Å². The van der Waals surface area contributed by atoms with Crippen LogP contribution in [-0.4, -0.2) is 52.6 Å². The highest BCUT2D eigenvalue weighted by atomic mass is 15.3. The minimum Gasteiger partial charge on any atom is -0.352 e. The monoisotopic (exact) mass is 380 g/mol. The van der Waals surface area contributed by atoms with Crippen molar-refractivity contribution < 1.29 is 0 Å². The molecule has 4 rings (SSSR count). The molecule has 0 bridgehead atoms. The van der Waals surface area contributed by atoms with Crippen LogP contribution in [0.1, 0.15) is 43.2 Å². The van der Waals surface area contributed by atoms with Gasteiger partial charge in [0.2, 0.25) is 0 Å². The lowest BCUT2D eigenvalue weighted by Crippen LogP contribution is -2.45.